The number of aliphatic hydroxyl groups is 1. The fourth-order valence-electron chi connectivity index (χ4n) is 5.79. The summed E-state index contributed by atoms with van der Waals surface area (Å²) in [5, 5.41) is 18.9. The number of nitrogens with zero attached hydrogens (tertiary/aromatic N) is 6. The lowest BCUT2D eigenvalue weighted by molar-refractivity contribution is -0.137. The van der Waals surface area contributed by atoms with Gasteiger partial charge in [0.25, 0.3) is 0 Å². The lowest BCUT2D eigenvalue weighted by Gasteiger charge is -2.37. The van der Waals surface area contributed by atoms with Crippen LogP contribution in [0.1, 0.15) is 22.4 Å². The minimum Gasteiger partial charge on any atom is -0.390 e. The largest absolute Gasteiger partial charge is 0.416 e. The van der Waals surface area contributed by atoms with E-state index in [2.05, 4.69) is 20.1 Å². The third-order valence-corrected chi connectivity index (χ3v) is 9.16. The monoisotopic (exact) mass is 606 g/mol. The molecule has 3 heterocycles. The van der Waals surface area contributed by atoms with Gasteiger partial charge in [-0.15, -0.1) is 4.91 Å². The van der Waals surface area contributed by atoms with E-state index in [4.69, 9.17) is 0 Å². The highest BCUT2D eigenvalue weighted by molar-refractivity contribution is 7.88. The summed E-state index contributed by atoms with van der Waals surface area (Å²) in [5.41, 5.74) is 3.67. The molecule has 1 atom stereocenters. The smallest absolute Gasteiger partial charge is 0.390 e. The van der Waals surface area contributed by atoms with Crippen molar-refractivity contribution in [2.45, 2.75) is 38.7 Å². The summed E-state index contributed by atoms with van der Waals surface area (Å²) in [5.74, 6) is 0. The van der Waals surface area contributed by atoms with Crippen LogP contribution in [-0.2, 0) is 35.7 Å². The van der Waals surface area contributed by atoms with Gasteiger partial charge in [-0.2, -0.15) is 22.6 Å². The number of aromatic nitrogens is 2. The summed E-state index contributed by atoms with van der Waals surface area (Å²) in [4.78, 5) is 15.6. The first-order valence-corrected chi connectivity index (χ1v) is 15.5. The molecule has 1 fully saturated rings. The highest BCUT2D eigenvalue weighted by Gasteiger charge is 2.33. The summed E-state index contributed by atoms with van der Waals surface area (Å²) in [6.45, 7) is 5.44. The van der Waals surface area contributed by atoms with E-state index in [9.17, 15) is 31.6 Å². The number of aliphatic hydroxyl groups excluding tert-OH is 1. The SMILES string of the molecule is Cc1cccc(N=O)c1N1CCN(CC(O)Cn2nc(-c3ccc(C(F)(F)F)cc3)c3c2CCN(S(C)(=O)=O)C3)CC1. The molecule has 2 aliphatic rings. The average molecular weight is 607 g/mol. The van der Waals surface area contributed by atoms with E-state index in [0.29, 0.717) is 61.7 Å². The first kappa shape index (κ1) is 30.1. The number of rotatable bonds is 8. The molecule has 0 amide bonds. The maximum atomic E-state index is 13.1. The number of hydrogen-bond donors (Lipinski definition) is 1. The van der Waals surface area contributed by atoms with Crippen LogP contribution in [0.3, 0.4) is 0 Å². The molecule has 2 aliphatic heterocycles. The number of β-amino-alcohol motifs (C(OH)–C–C–N with tert-alkyl or cyclic N) is 1. The number of sulfonamides is 1. The topological polar surface area (TPSA) is 111 Å². The van der Waals surface area contributed by atoms with E-state index in [1.54, 1.807) is 16.8 Å². The zero-order valence-corrected chi connectivity index (χ0v) is 24.2. The van der Waals surface area contributed by atoms with Gasteiger partial charge in [0.1, 0.15) is 5.69 Å². The average Bonchev–Trinajstić information content (AvgIpc) is 3.30. The third kappa shape index (κ3) is 6.36. The van der Waals surface area contributed by atoms with Crippen LogP contribution in [0.2, 0.25) is 0 Å². The van der Waals surface area contributed by atoms with Gasteiger partial charge >= 0.3 is 6.18 Å². The molecular weight excluding hydrogens is 573 g/mol. The second kappa shape index (κ2) is 11.7. The standard InChI is InChI=1S/C28H33F3N6O4S/c1-19-4-3-5-24(33-39)27(19)35-14-12-34(13-15-35)16-22(38)17-37-25-10-11-36(42(2,40)41)18-23(25)26(32-37)20-6-8-21(9-7-20)28(29,30)31/h3-9,22,38H,10-18H2,1-2H3. The molecule has 0 saturated carbocycles. The molecule has 0 aliphatic carbocycles. The molecule has 3 aromatic rings. The number of nitroso groups, excluding NO2 is 1. The fraction of sp³-hybridized carbons (Fsp3) is 0.464. The van der Waals surface area contributed by atoms with Crippen LogP contribution in [0, 0.1) is 11.8 Å². The van der Waals surface area contributed by atoms with Crippen molar-refractivity contribution >= 4 is 21.4 Å². The highest BCUT2D eigenvalue weighted by Crippen LogP contribution is 2.35. The van der Waals surface area contributed by atoms with Crippen molar-refractivity contribution in [3.05, 3.63) is 69.8 Å². The van der Waals surface area contributed by atoms with Crippen LogP contribution in [-0.4, -0.2) is 84.1 Å². The van der Waals surface area contributed by atoms with Crippen LogP contribution in [0.25, 0.3) is 11.3 Å². The molecular formula is C28H33F3N6O4S. The quantitative estimate of drug-likeness (QED) is 0.389. The molecule has 10 nitrogen and oxygen atoms in total. The van der Waals surface area contributed by atoms with Gasteiger partial charge < -0.3 is 10.0 Å². The molecule has 226 valence electrons. The Morgan fingerprint density at radius 1 is 1.02 bits per heavy atom. The van der Waals surface area contributed by atoms with Crippen molar-refractivity contribution in [1.82, 2.24) is 19.0 Å². The molecule has 0 spiro atoms. The number of benzene rings is 2. The molecule has 1 unspecified atom stereocenters. The van der Waals surface area contributed by atoms with Crippen molar-refractivity contribution in [1.29, 1.82) is 0 Å². The normalized spacial score (nSPS) is 17.7. The van der Waals surface area contributed by atoms with Gasteiger partial charge in [-0.3, -0.25) is 9.58 Å². The maximum Gasteiger partial charge on any atom is 0.416 e. The summed E-state index contributed by atoms with van der Waals surface area (Å²) in [6.07, 6.45) is -3.78. The second-order valence-electron chi connectivity index (χ2n) is 10.9. The molecule has 0 bridgehead atoms. The van der Waals surface area contributed by atoms with E-state index in [1.165, 1.54) is 16.4 Å². The first-order chi connectivity index (χ1) is 19.8. The Kier molecular flexibility index (Phi) is 8.43. The van der Waals surface area contributed by atoms with Crippen LogP contribution in [0.5, 0.6) is 0 Å². The second-order valence-corrected chi connectivity index (χ2v) is 12.8. The Bertz CT molecular complexity index is 1550. The van der Waals surface area contributed by atoms with Gasteiger partial charge in [0, 0.05) is 69.1 Å². The highest BCUT2D eigenvalue weighted by atomic mass is 32.2. The van der Waals surface area contributed by atoms with Gasteiger partial charge in [0.05, 0.1) is 35.8 Å². The predicted molar refractivity (Wildman–Crippen MR) is 153 cm³/mol. The zero-order chi connectivity index (χ0) is 30.2. The minimum atomic E-state index is -4.48. The Morgan fingerprint density at radius 3 is 2.33 bits per heavy atom. The Morgan fingerprint density at radius 2 is 1.71 bits per heavy atom. The Labute approximate surface area is 242 Å². The number of anilines is 1. The maximum absolute atomic E-state index is 13.1. The van der Waals surface area contributed by atoms with Crippen molar-refractivity contribution < 1.29 is 26.7 Å². The predicted octanol–water partition coefficient (Wildman–Crippen LogP) is 3.78. The first-order valence-electron chi connectivity index (χ1n) is 13.6. The van der Waals surface area contributed by atoms with Crippen LogP contribution in [0.15, 0.2) is 47.6 Å². The van der Waals surface area contributed by atoms with Crippen molar-refractivity contribution in [2.24, 2.45) is 5.18 Å². The number of aryl methyl sites for hydroxylation is 1. The lowest BCUT2D eigenvalue weighted by atomic mass is 10.0. The van der Waals surface area contributed by atoms with Gasteiger partial charge in [-0.05, 0) is 35.9 Å². The molecule has 42 heavy (non-hydrogen) atoms. The summed E-state index contributed by atoms with van der Waals surface area (Å²) in [6, 6.07) is 10.1. The Balaban J connectivity index is 1.31. The number of piperazine rings is 1. The van der Waals surface area contributed by atoms with Crippen molar-refractivity contribution in [3.63, 3.8) is 0 Å². The molecule has 1 aromatic heterocycles. The molecule has 2 aromatic carbocycles. The van der Waals surface area contributed by atoms with Gasteiger partial charge in [0.2, 0.25) is 10.0 Å². The van der Waals surface area contributed by atoms with Crippen molar-refractivity contribution in [3.8, 4) is 11.3 Å². The fourth-order valence-corrected chi connectivity index (χ4v) is 6.57. The van der Waals surface area contributed by atoms with E-state index in [1.807, 2.05) is 13.0 Å². The number of fused-ring (bicyclic) bond motifs is 1. The summed E-state index contributed by atoms with van der Waals surface area (Å²) in [7, 11) is -3.49. The summed E-state index contributed by atoms with van der Waals surface area (Å²) < 4.78 is 66.9. The van der Waals surface area contributed by atoms with E-state index in [0.717, 1.165) is 35.3 Å². The zero-order valence-electron chi connectivity index (χ0n) is 23.4. The van der Waals surface area contributed by atoms with Crippen LogP contribution in [0.4, 0.5) is 24.5 Å². The number of halogens is 3. The van der Waals surface area contributed by atoms with Crippen LogP contribution >= 0.6 is 0 Å². The van der Waals surface area contributed by atoms with Crippen LogP contribution < -0.4 is 4.90 Å². The van der Waals surface area contributed by atoms with E-state index in [-0.39, 0.29) is 19.6 Å². The molecule has 1 saturated heterocycles. The molecule has 5 rings (SSSR count). The van der Waals surface area contributed by atoms with E-state index < -0.39 is 27.9 Å². The number of hydrogen-bond acceptors (Lipinski definition) is 8. The molecule has 14 heteroatoms. The number of para-hydroxylation sites is 1. The van der Waals surface area contributed by atoms with Gasteiger partial charge in [-0.1, -0.05) is 24.3 Å². The van der Waals surface area contributed by atoms with E-state index >= 15 is 0 Å². The van der Waals surface area contributed by atoms with Gasteiger partial charge in [-0.25, -0.2) is 8.42 Å². The molecule has 0 radical (unpaired) electrons. The van der Waals surface area contributed by atoms with Crippen molar-refractivity contribution in [2.75, 3.05) is 50.4 Å². The third-order valence-electron chi connectivity index (χ3n) is 7.91. The number of alkyl halides is 3. The molecule has 1 N–H and O–H groups in total. The minimum absolute atomic E-state index is 0.0547. The summed E-state index contributed by atoms with van der Waals surface area (Å²) >= 11 is 0. The van der Waals surface area contributed by atoms with Gasteiger partial charge in [0.15, 0.2) is 0 Å². The Hall–Kier alpha value is -3.33. The lowest BCUT2D eigenvalue weighted by Crippen LogP contribution is -2.49.